The van der Waals surface area contributed by atoms with Gasteiger partial charge in [0.1, 0.15) is 5.41 Å². The first-order valence-electron chi connectivity index (χ1n) is 7.11. The lowest BCUT2D eigenvalue weighted by Gasteiger charge is -2.34. The Balaban J connectivity index is 3.26. The first-order valence-corrected chi connectivity index (χ1v) is 7.11. The Morgan fingerprint density at radius 2 is 1.80 bits per heavy atom. The summed E-state index contributed by atoms with van der Waals surface area (Å²) in [6.45, 7) is 8.79. The Labute approximate surface area is 122 Å². The molecule has 0 spiro atoms. The van der Waals surface area contributed by atoms with Gasteiger partial charge in [-0.1, -0.05) is 45.0 Å². The van der Waals surface area contributed by atoms with Crippen LogP contribution in [-0.4, -0.2) is 19.6 Å². The molecule has 1 atom stereocenters. The molecule has 0 heterocycles. The number of aryl methyl sites for hydroxylation is 1. The third kappa shape index (κ3) is 3.60. The van der Waals surface area contributed by atoms with Gasteiger partial charge in [0, 0.05) is 6.54 Å². The second kappa shape index (κ2) is 6.40. The average Bonchev–Trinajstić information content (AvgIpc) is 2.40. The van der Waals surface area contributed by atoms with E-state index in [0.717, 1.165) is 17.5 Å². The molecule has 2 N–H and O–H groups in total. The first kappa shape index (κ1) is 16.7. The number of hydrogen-bond donors (Lipinski definition) is 1. The van der Waals surface area contributed by atoms with Crippen molar-refractivity contribution < 1.29 is 9.53 Å². The number of nitrogens with two attached hydrogens (primary N) is 1. The van der Waals surface area contributed by atoms with Gasteiger partial charge in [0.15, 0.2) is 0 Å². The highest BCUT2D eigenvalue weighted by atomic mass is 16.5. The predicted molar refractivity (Wildman–Crippen MR) is 82.6 cm³/mol. The van der Waals surface area contributed by atoms with Crippen molar-refractivity contribution in [3.8, 4) is 0 Å². The summed E-state index contributed by atoms with van der Waals surface area (Å²) in [6, 6.07) is 7.93. The number of methoxy groups -OCH3 is 1. The van der Waals surface area contributed by atoms with Gasteiger partial charge in [-0.3, -0.25) is 4.79 Å². The number of carbonyl (C=O) groups excluding carboxylic acids is 1. The van der Waals surface area contributed by atoms with Crippen LogP contribution < -0.4 is 5.73 Å². The van der Waals surface area contributed by atoms with E-state index in [1.807, 2.05) is 31.2 Å². The zero-order valence-corrected chi connectivity index (χ0v) is 13.3. The van der Waals surface area contributed by atoms with Gasteiger partial charge in [-0.15, -0.1) is 0 Å². The first-order chi connectivity index (χ1) is 9.27. The van der Waals surface area contributed by atoms with E-state index in [1.54, 1.807) is 0 Å². The largest absolute Gasteiger partial charge is 0.468 e. The monoisotopic (exact) mass is 277 g/mol. The molecule has 0 aliphatic rings. The van der Waals surface area contributed by atoms with E-state index in [4.69, 9.17) is 10.5 Å². The molecule has 0 bridgehead atoms. The van der Waals surface area contributed by atoms with Gasteiger partial charge < -0.3 is 10.5 Å². The molecule has 112 valence electrons. The zero-order chi connectivity index (χ0) is 15.4. The van der Waals surface area contributed by atoms with E-state index in [0.29, 0.717) is 6.42 Å². The van der Waals surface area contributed by atoms with Crippen LogP contribution in [0.4, 0.5) is 0 Å². The molecule has 1 aromatic carbocycles. The highest BCUT2D eigenvalue weighted by Gasteiger charge is 2.41. The molecule has 0 saturated heterocycles. The van der Waals surface area contributed by atoms with Gasteiger partial charge in [0.2, 0.25) is 0 Å². The summed E-state index contributed by atoms with van der Waals surface area (Å²) in [5.41, 5.74) is 7.49. The van der Waals surface area contributed by atoms with E-state index >= 15 is 0 Å². The minimum atomic E-state index is -0.743. The predicted octanol–water partition coefficient (Wildman–Crippen LogP) is 3.19. The van der Waals surface area contributed by atoms with E-state index in [1.165, 1.54) is 7.11 Å². The molecule has 0 aliphatic carbocycles. The lowest BCUT2D eigenvalue weighted by molar-refractivity contribution is -0.147. The van der Waals surface area contributed by atoms with Crippen LogP contribution >= 0.6 is 0 Å². The van der Waals surface area contributed by atoms with Crippen LogP contribution in [0.1, 0.15) is 44.7 Å². The van der Waals surface area contributed by atoms with Crippen molar-refractivity contribution in [3.63, 3.8) is 0 Å². The molecule has 0 fully saturated rings. The summed E-state index contributed by atoms with van der Waals surface area (Å²) in [6.07, 6.45) is 1.61. The van der Waals surface area contributed by atoms with Gasteiger partial charge in [0.25, 0.3) is 0 Å². The molecule has 1 unspecified atom stereocenters. The zero-order valence-electron chi connectivity index (χ0n) is 13.3. The van der Waals surface area contributed by atoms with E-state index < -0.39 is 5.41 Å². The summed E-state index contributed by atoms with van der Waals surface area (Å²) in [4.78, 5) is 12.4. The molecular formula is C17H27NO2. The van der Waals surface area contributed by atoms with E-state index in [2.05, 4.69) is 20.8 Å². The Kier molecular flexibility index (Phi) is 5.35. The van der Waals surface area contributed by atoms with E-state index in [-0.39, 0.29) is 17.9 Å². The highest BCUT2D eigenvalue weighted by molar-refractivity contribution is 5.84. The average molecular weight is 277 g/mol. The number of hydrogen-bond acceptors (Lipinski definition) is 3. The van der Waals surface area contributed by atoms with Crippen molar-refractivity contribution >= 4 is 5.97 Å². The molecule has 0 amide bonds. The van der Waals surface area contributed by atoms with Gasteiger partial charge in [-0.2, -0.15) is 0 Å². The molecule has 1 rings (SSSR count). The molecular weight excluding hydrogens is 250 g/mol. The Hall–Kier alpha value is -1.35. The third-order valence-electron chi connectivity index (χ3n) is 3.89. The SMILES string of the molecule is COC(=O)C(CN)(CCC(C)(C)C)c1ccccc1C. The number of carbonyl (C=O) groups is 1. The highest BCUT2D eigenvalue weighted by Crippen LogP contribution is 2.36. The molecule has 0 radical (unpaired) electrons. The topological polar surface area (TPSA) is 52.3 Å². The van der Waals surface area contributed by atoms with Gasteiger partial charge in [-0.25, -0.2) is 0 Å². The maximum Gasteiger partial charge on any atom is 0.317 e. The minimum absolute atomic E-state index is 0.150. The standard InChI is InChI=1S/C17H27NO2/c1-13-8-6-7-9-14(13)17(12-18,15(19)20-5)11-10-16(2,3)4/h6-9H,10-12,18H2,1-5H3. The summed E-state index contributed by atoms with van der Waals surface area (Å²) in [7, 11) is 1.43. The van der Waals surface area contributed by atoms with Crippen LogP contribution in [0, 0.1) is 12.3 Å². The summed E-state index contributed by atoms with van der Waals surface area (Å²) in [5.74, 6) is -0.237. The number of rotatable bonds is 5. The molecule has 0 aromatic heterocycles. The van der Waals surface area contributed by atoms with Crippen molar-refractivity contribution in [1.29, 1.82) is 0 Å². The smallest absolute Gasteiger partial charge is 0.317 e. The van der Waals surface area contributed by atoms with Crippen molar-refractivity contribution in [2.45, 2.75) is 46.0 Å². The molecule has 0 saturated carbocycles. The van der Waals surface area contributed by atoms with Gasteiger partial charge in [-0.05, 0) is 36.3 Å². The van der Waals surface area contributed by atoms with E-state index in [9.17, 15) is 4.79 Å². The summed E-state index contributed by atoms with van der Waals surface area (Å²) < 4.78 is 5.06. The summed E-state index contributed by atoms with van der Waals surface area (Å²) >= 11 is 0. The maximum absolute atomic E-state index is 12.4. The Morgan fingerprint density at radius 3 is 2.25 bits per heavy atom. The minimum Gasteiger partial charge on any atom is -0.468 e. The van der Waals surface area contributed by atoms with Crippen molar-refractivity contribution in [2.24, 2.45) is 11.1 Å². The lowest BCUT2D eigenvalue weighted by atomic mass is 9.71. The van der Waals surface area contributed by atoms with Crippen LogP contribution in [0.25, 0.3) is 0 Å². The van der Waals surface area contributed by atoms with Crippen LogP contribution in [0.15, 0.2) is 24.3 Å². The molecule has 3 nitrogen and oxygen atoms in total. The van der Waals surface area contributed by atoms with Crippen molar-refractivity contribution in [3.05, 3.63) is 35.4 Å². The maximum atomic E-state index is 12.4. The van der Waals surface area contributed by atoms with Crippen LogP contribution in [0.2, 0.25) is 0 Å². The Bertz CT molecular complexity index is 462. The Morgan fingerprint density at radius 1 is 1.20 bits per heavy atom. The fraction of sp³-hybridized carbons (Fsp3) is 0.588. The van der Waals surface area contributed by atoms with Gasteiger partial charge in [0.05, 0.1) is 7.11 Å². The van der Waals surface area contributed by atoms with Crippen molar-refractivity contribution in [1.82, 2.24) is 0 Å². The van der Waals surface area contributed by atoms with Crippen LogP contribution in [0.3, 0.4) is 0 Å². The fourth-order valence-corrected chi connectivity index (χ4v) is 2.54. The lowest BCUT2D eigenvalue weighted by Crippen LogP contribution is -2.45. The number of ether oxygens (including phenoxy) is 1. The molecule has 3 heteroatoms. The summed E-state index contributed by atoms with van der Waals surface area (Å²) in [5, 5.41) is 0. The van der Waals surface area contributed by atoms with Crippen LogP contribution in [0.5, 0.6) is 0 Å². The fourth-order valence-electron chi connectivity index (χ4n) is 2.54. The van der Waals surface area contributed by atoms with Crippen molar-refractivity contribution in [2.75, 3.05) is 13.7 Å². The van der Waals surface area contributed by atoms with Gasteiger partial charge >= 0.3 is 5.97 Å². The quantitative estimate of drug-likeness (QED) is 0.841. The molecule has 1 aromatic rings. The second-order valence-electron chi connectivity index (χ2n) is 6.65. The molecule has 0 aliphatic heterocycles. The number of benzene rings is 1. The van der Waals surface area contributed by atoms with Crippen LogP contribution in [-0.2, 0) is 14.9 Å². The third-order valence-corrected chi connectivity index (χ3v) is 3.89. The number of esters is 1. The molecule has 20 heavy (non-hydrogen) atoms. The normalized spacial score (nSPS) is 14.7. The second-order valence-corrected chi connectivity index (χ2v) is 6.65.